The van der Waals surface area contributed by atoms with Gasteiger partial charge in [-0.15, -0.1) is 12.4 Å². The van der Waals surface area contributed by atoms with Gasteiger partial charge in [0.15, 0.2) is 5.58 Å². The summed E-state index contributed by atoms with van der Waals surface area (Å²) in [6.07, 6.45) is -0.830. The van der Waals surface area contributed by atoms with Crippen molar-refractivity contribution < 1.29 is 18.8 Å². The standard InChI is InChI=1S/C12H14ClN3O4.ClH/c1-15-8(6-19-12(14)17)5-18-11-9-4-7(13)2-3-10(9)20-16-11;/h2-4,8,15H,5-6H2,1H3,(H2,14,17);1H. The second-order valence-electron chi connectivity index (χ2n) is 4.05. The van der Waals surface area contributed by atoms with Gasteiger partial charge in [0.05, 0.1) is 11.4 Å². The Bertz CT molecular complexity index is 605. The van der Waals surface area contributed by atoms with Crippen LogP contribution in [0.1, 0.15) is 0 Å². The Labute approximate surface area is 132 Å². The zero-order chi connectivity index (χ0) is 14.5. The molecule has 7 nitrogen and oxygen atoms in total. The first-order valence-corrected chi connectivity index (χ1v) is 6.25. The molecule has 1 aromatic carbocycles. The van der Waals surface area contributed by atoms with E-state index in [-0.39, 0.29) is 31.7 Å². The molecule has 0 radical (unpaired) electrons. The molecule has 21 heavy (non-hydrogen) atoms. The summed E-state index contributed by atoms with van der Waals surface area (Å²) in [5, 5.41) is 8.01. The highest BCUT2D eigenvalue weighted by atomic mass is 35.5. The molecule has 0 bridgehead atoms. The minimum Gasteiger partial charge on any atom is -0.473 e. The van der Waals surface area contributed by atoms with Crippen LogP contribution >= 0.6 is 24.0 Å². The number of nitrogens with zero attached hydrogens (tertiary/aromatic N) is 1. The maximum Gasteiger partial charge on any atom is 0.404 e. The van der Waals surface area contributed by atoms with Crippen LogP contribution in [0.2, 0.25) is 5.02 Å². The van der Waals surface area contributed by atoms with Crippen molar-refractivity contribution in [2.45, 2.75) is 6.04 Å². The van der Waals surface area contributed by atoms with E-state index in [1.54, 1.807) is 25.2 Å². The summed E-state index contributed by atoms with van der Waals surface area (Å²) >= 11 is 5.91. The number of fused-ring (bicyclic) bond motifs is 1. The Morgan fingerprint density at radius 3 is 2.95 bits per heavy atom. The van der Waals surface area contributed by atoms with Gasteiger partial charge in [-0.1, -0.05) is 11.6 Å². The number of amides is 1. The smallest absolute Gasteiger partial charge is 0.404 e. The van der Waals surface area contributed by atoms with E-state index in [0.717, 1.165) is 0 Å². The van der Waals surface area contributed by atoms with Gasteiger partial charge in [0, 0.05) is 5.02 Å². The maximum atomic E-state index is 10.6. The molecule has 2 aromatic rings. The largest absolute Gasteiger partial charge is 0.473 e. The van der Waals surface area contributed by atoms with Gasteiger partial charge < -0.3 is 25.0 Å². The molecule has 3 N–H and O–H groups in total. The quantitative estimate of drug-likeness (QED) is 0.837. The van der Waals surface area contributed by atoms with Crippen LogP contribution in [0.25, 0.3) is 11.0 Å². The summed E-state index contributed by atoms with van der Waals surface area (Å²) in [6.45, 7) is 0.334. The molecule has 0 spiro atoms. The fourth-order valence-electron chi connectivity index (χ4n) is 1.57. The van der Waals surface area contributed by atoms with Crippen LogP contribution in [0.5, 0.6) is 5.88 Å². The highest BCUT2D eigenvalue weighted by Crippen LogP contribution is 2.27. The van der Waals surface area contributed by atoms with Gasteiger partial charge in [0.2, 0.25) is 0 Å². The molecule has 2 rings (SSSR count). The third-order valence-corrected chi connectivity index (χ3v) is 2.89. The SMILES string of the molecule is CNC(COC(N)=O)COc1noc2ccc(Cl)cc12.Cl. The highest BCUT2D eigenvalue weighted by Gasteiger charge is 2.14. The number of carbonyl (C=O) groups is 1. The van der Waals surface area contributed by atoms with Gasteiger partial charge >= 0.3 is 6.09 Å². The molecule has 1 aromatic heterocycles. The zero-order valence-corrected chi connectivity index (χ0v) is 12.7. The first-order chi connectivity index (χ1) is 9.60. The number of aromatic nitrogens is 1. The van der Waals surface area contributed by atoms with Crippen molar-refractivity contribution in [3.63, 3.8) is 0 Å². The predicted molar refractivity (Wildman–Crippen MR) is 80.1 cm³/mol. The van der Waals surface area contributed by atoms with Gasteiger partial charge in [-0.25, -0.2) is 4.79 Å². The minimum atomic E-state index is -0.830. The van der Waals surface area contributed by atoms with Crippen molar-refractivity contribution in [2.75, 3.05) is 20.3 Å². The van der Waals surface area contributed by atoms with E-state index in [0.29, 0.717) is 21.9 Å². The summed E-state index contributed by atoms with van der Waals surface area (Å²) in [5.74, 6) is 0.335. The lowest BCUT2D eigenvalue weighted by Crippen LogP contribution is -2.37. The molecule has 1 heterocycles. The number of primary amides is 1. The van der Waals surface area contributed by atoms with Crippen molar-refractivity contribution in [2.24, 2.45) is 5.73 Å². The molecule has 9 heteroatoms. The van der Waals surface area contributed by atoms with E-state index in [2.05, 4.69) is 10.5 Å². The van der Waals surface area contributed by atoms with Crippen LogP contribution < -0.4 is 15.8 Å². The summed E-state index contributed by atoms with van der Waals surface area (Å²) in [5.41, 5.74) is 5.49. The van der Waals surface area contributed by atoms with Crippen molar-refractivity contribution in [1.82, 2.24) is 10.5 Å². The number of hydrogen-bond donors (Lipinski definition) is 2. The first-order valence-electron chi connectivity index (χ1n) is 5.87. The summed E-state index contributed by atoms with van der Waals surface area (Å²) in [4.78, 5) is 10.6. The Morgan fingerprint density at radius 1 is 1.52 bits per heavy atom. The van der Waals surface area contributed by atoms with Crippen LogP contribution in [0.15, 0.2) is 22.7 Å². The Hall–Kier alpha value is -1.70. The first kappa shape index (κ1) is 17.4. The summed E-state index contributed by atoms with van der Waals surface area (Å²) < 4.78 is 15.4. The fourth-order valence-corrected chi connectivity index (χ4v) is 1.74. The molecule has 0 aliphatic heterocycles. The Kier molecular flexibility index (Phi) is 6.54. The maximum absolute atomic E-state index is 10.6. The number of benzene rings is 1. The molecule has 0 aliphatic rings. The number of nitrogens with two attached hydrogens (primary N) is 1. The molecular formula is C12H15Cl2N3O4. The second kappa shape index (κ2) is 7.92. The predicted octanol–water partition coefficient (Wildman–Crippen LogP) is 1.97. The van der Waals surface area contributed by atoms with Crippen LogP contribution in [-0.2, 0) is 4.74 Å². The molecule has 116 valence electrons. The zero-order valence-electron chi connectivity index (χ0n) is 11.2. The van der Waals surface area contributed by atoms with Crippen LogP contribution in [0.4, 0.5) is 4.79 Å². The van der Waals surface area contributed by atoms with Gasteiger partial charge in [-0.05, 0) is 30.4 Å². The van der Waals surface area contributed by atoms with E-state index in [4.69, 9.17) is 31.3 Å². The van der Waals surface area contributed by atoms with E-state index >= 15 is 0 Å². The molecule has 0 saturated carbocycles. The highest BCUT2D eigenvalue weighted by molar-refractivity contribution is 6.31. The average Bonchev–Trinajstić information content (AvgIpc) is 2.81. The molecule has 1 atom stereocenters. The van der Waals surface area contributed by atoms with Gasteiger partial charge in [-0.2, -0.15) is 0 Å². The molecular weight excluding hydrogens is 321 g/mol. The van der Waals surface area contributed by atoms with Crippen LogP contribution in [0.3, 0.4) is 0 Å². The minimum absolute atomic E-state index is 0. The normalized spacial score (nSPS) is 11.7. The fraction of sp³-hybridized carbons (Fsp3) is 0.333. The Balaban J connectivity index is 0.00000220. The van der Waals surface area contributed by atoms with Crippen molar-refractivity contribution in [1.29, 1.82) is 0 Å². The van der Waals surface area contributed by atoms with Crippen molar-refractivity contribution in [3.05, 3.63) is 23.2 Å². The topological polar surface area (TPSA) is 99.6 Å². The summed E-state index contributed by atoms with van der Waals surface area (Å²) in [6, 6.07) is 4.91. The monoisotopic (exact) mass is 335 g/mol. The van der Waals surface area contributed by atoms with Gasteiger partial charge in [-0.3, -0.25) is 0 Å². The molecule has 1 amide bonds. The summed E-state index contributed by atoms with van der Waals surface area (Å²) in [7, 11) is 1.72. The number of rotatable bonds is 6. The van der Waals surface area contributed by atoms with Crippen LogP contribution in [0, 0.1) is 0 Å². The van der Waals surface area contributed by atoms with Crippen molar-refractivity contribution in [3.8, 4) is 5.88 Å². The van der Waals surface area contributed by atoms with E-state index < -0.39 is 6.09 Å². The number of carbonyl (C=O) groups excluding carboxylic acids is 1. The van der Waals surface area contributed by atoms with E-state index in [9.17, 15) is 4.79 Å². The van der Waals surface area contributed by atoms with E-state index in [1.807, 2.05) is 0 Å². The molecule has 1 unspecified atom stereocenters. The van der Waals surface area contributed by atoms with Crippen LogP contribution in [-0.4, -0.2) is 37.6 Å². The third-order valence-electron chi connectivity index (χ3n) is 2.66. The Morgan fingerprint density at radius 2 is 2.29 bits per heavy atom. The number of likely N-dealkylation sites (N-methyl/N-ethyl adjacent to an activating group) is 1. The lowest BCUT2D eigenvalue weighted by molar-refractivity contribution is 0.129. The number of ether oxygens (including phenoxy) is 2. The number of halogens is 2. The van der Waals surface area contributed by atoms with Gasteiger partial charge in [0.25, 0.3) is 5.88 Å². The van der Waals surface area contributed by atoms with E-state index in [1.165, 1.54) is 0 Å². The van der Waals surface area contributed by atoms with Crippen molar-refractivity contribution >= 4 is 41.1 Å². The number of nitrogens with one attached hydrogen (secondary N) is 1. The average molecular weight is 336 g/mol. The lowest BCUT2D eigenvalue weighted by Gasteiger charge is -2.15. The van der Waals surface area contributed by atoms with Gasteiger partial charge in [0.1, 0.15) is 13.2 Å². The molecule has 0 fully saturated rings. The third kappa shape index (κ3) is 4.66. The second-order valence-corrected chi connectivity index (χ2v) is 4.49. The molecule has 0 aliphatic carbocycles. The lowest BCUT2D eigenvalue weighted by atomic mass is 10.2. The number of hydrogen-bond acceptors (Lipinski definition) is 6. The molecule has 0 saturated heterocycles.